The number of alkyl halides is 3. The highest BCUT2D eigenvalue weighted by molar-refractivity contribution is 14.0. The summed E-state index contributed by atoms with van der Waals surface area (Å²) in [6, 6.07) is 10.2. The molecule has 0 saturated heterocycles. The number of hydrogen-bond acceptors (Lipinski definition) is 3. The minimum Gasteiger partial charge on any atom is -0.356 e. The molecule has 2 N–H and O–H groups in total. The first-order chi connectivity index (χ1) is 11.8. The highest BCUT2D eigenvalue weighted by atomic mass is 127. The number of nitrogens with one attached hydrogen (secondary N) is 2. The molecule has 4 nitrogen and oxygen atoms in total. The molecule has 26 heavy (non-hydrogen) atoms. The lowest BCUT2D eigenvalue weighted by atomic mass is 10.4. The van der Waals surface area contributed by atoms with Crippen LogP contribution in [0.25, 0.3) is 0 Å². The van der Waals surface area contributed by atoms with Crippen LogP contribution in [0, 0.1) is 0 Å². The number of thioether (sulfide) groups is 1. The molecular weight excluding hydrogens is 476 g/mol. The predicted octanol–water partition coefficient (Wildman–Crippen LogP) is 3.83. The summed E-state index contributed by atoms with van der Waals surface area (Å²) >= 11 is 1.78. The van der Waals surface area contributed by atoms with Gasteiger partial charge < -0.3 is 10.6 Å². The van der Waals surface area contributed by atoms with Gasteiger partial charge in [0.05, 0.1) is 6.54 Å². The van der Waals surface area contributed by atoms with Gasteiger partial charge in [-0.15, -0.1) is 35.7 Å². The number of guanidine groups is 1. The summed E-state index contributed by atoms with van der Waals surface area (Å²) in [7, 11) is 3.16. The largest absolute Gasteiger partial charge is 0.401 e. The van der Waals surface area contributed by atoms with Gasteiger partial charge in [-0.3, -0.25) is 9.89 Å². The van der Waals surface area contributed by atoms with E-state index in [0.717, 1.165) is 6.54 Å². The molecule has 9 heteroatoms. The quantitative estimate of drug-likeness (QED) is 0.176. The third kappa shape index (κ3) is 12.6. The Morgan fingerprint density at radius 1 is 1.23 bits per heavy atom. The number of nitrogens with zero attached hydrogens (tertiary/aromatic N) is 2. The van der Waals surface area contributed by atoms with Gasteiger partial charge in [-0.25, -0.2) is 0 Å². The lowest BCUT2D eigenvalue weighted by molar-refractivity contribution is -0.143. The van der Waals surface area contributed by atoms with Gasteiger partial charge in [-0.05, 0) is 32.1 Å². The Balaban J connectivity index is 0.00000625. The van der Waals surface area contributed by atoms with E-state index < -0.39 is 12.7 Å². The van der Waals surface area contributed by atoms with Crippen LogP contribution in [-0.2, 0) is 0 Å². The first kappa shape index (κ1) is 25.3. The van der Waals surface area contributed by atoms with E-state index in [9.17, 15) is 13.2 Å². The highest BCUT2D eigenvalue weighted by Gasteiger charge is 2.28. The molecule has 0 aliphatic heterocycles. The van der Waals surface area contributed by atoms with Gasteiger partial charge in [0.15, 0.2) is 5.96 Å². The average Bonchev–Trinajstić information content (AvgIpc) is 2.53. The molecule has 1 atom stereocenters. The minimum absolute atomic E-state index is 0. The second kappa shape index (κ2) is 13.5. The summed E-state index contributed by atoms with van der Waals surface area (Å²) in [5, 5.41) is 6.73. The number of aliphatic imine (C=N–C) groups is 1. The van der Waals surface area contributed by atoms with Crippen molar-refractivity contribution >= 4 is 41.7 Å². The summed E-state index contributed by atoms with van der Waals surface area (Å²) in [4.78, 5) is 6.62. The van der Waals surface area contributed by atoms with Crippen LogP contribution in [0.4, 0.5) is 13.2 Å². The maximum absolute atomic E-state index is 12.2. The zero-order valence-corrected chi connectivity index (χ0v) is 18.5. The summed E-state index contributed by atoms with van der Waals surface area (Å²) in [5.74, 6) is 0.666. The van der Waals surface area contributed by atoms with Crippen LogP contribution in [0.15, 0.2) is 40.2 Å². The lowest BCUT2D eigenvalue weighted by Gasteiger charge is -2.19. The SMILES string of the molecule is CN=C(NCCCN(C)CC(F)(F)F)NCC(C)Sc1ccccc1.I. The van der Waals surface area contributed by atoms with Crippen LogP contribution < -0.4 is 10.6 Å². The molecule has 0 spiro atoms. The second-order valence-corrected chi connectivity index (χ2v) is 7.34. The zero-order valence-electron chi connectivity index (χ0n) is 15.3. The average molecular weight is 504 g/mol. The van der Waals surface area contributed by atoms with Crippen molar-refractivity contribution < 1.29 is 13.2 Å². The Hall–Kier alpha value is -0.680. The molecule has 0 aromatic heterocycles. The van der Waals surface area contributed by atoms with E-state index in [1.807, 2.05) is 18.2 Å². The number of hydrogen-bond donors (Lipinski definition) is 2. The van der Waals surface area contributed by atoms with E-state index in [-0.39, 0.29) is 24.0 Å². The van der Waals surface area contributed by atoms with Crippen LogP contribution in [0.3, 0.4) is 0 Å². The summed E-state index contributed by atoms with van der Waals surface area (Å²) in [6.07, 6.45) is -3.53. The summed E-state index contributed by atoms with van der Waals surface area (Å²) in [6.45, 7) is 2.94. The Labute approximate surface area is 175 Å². The minimum atomic E-state index is -4.15. The van der Waals surface area contributed by atoms with Crippen LogP contribution >= 0.6 is 35.7 Å². The first-order valence-corrected chi connectivity index (χ1v) is 9.09. The molecule has 0 amide bonds. The molecule has 1 aromatic carbocycles. The molecule has 1 aromatic rings. The van der Waals surface area contributed by atoms with Gasteiger partial charge in [0.25, 0.3) is 0 Å². The van der Waals surface area contributed by atoms with Crippen molar-refractivity contribution in [2.24, 2.45) is 4.99 Å². The van der Waals surface area contributed by atoms with Crippen molar-refractivity contribution in [3.8, 4) is 0 Å². The van der Waals surface area contributed by atoms with Crippen LogP contribution in [0.1, 0.15) is 13.3 Å². The smallest absolute Gasteiger partial charge is 0.356 e. The number of halogens is 4. The van der Waals surface area contributed by atoms with Gasteiger partial charge in [-0.2, -0.15) is 13.2 Å². The van der Waals surface area contributed by atoms with E-state index in [2.05, 4.69) is 34.7 Å². The number of benzene rings is 1. The molecule has 1 rings (SSSR count). The fourth-order valence-corrected chi connectivity index (χ4v) is 3.12. The van der Waals surface area contributed by atoms with E-state index in [0.29, 0.717) is 30.7 Å². The first-order valence-electron chi connectivity index (χ1n) is 8.21. The zero-order chi connectivity index (χ0) is 18.7. The predicted molar refractivity (Wildman–Crippen MR) is 115 cm³/mol. The molecule has 0 radical (unpaired) electrons. The molecule has 0 bridgehead atoms. The topological polar surface area (TPSA) is 39.7 Å². The van der Waals surface area contributed by atoms with Crippen LogP contribution in [-0.4, -0.2) is 62.6 Å². The molecule has 1 unspecified atom stereocenters. The highest BCUT2D eigenvalue weighted by Crippen LogP contribution is 2.21. The Morgan fingerprint density at radius 2 is 1.88 bits per heavy atom. The fraction of sp³-hybridized carbons (Fsp3) is 0.588. The maximum Gasteiger partial charge on any atom is 0.401 e. The standard InChI is InChI=1S/C17H27F3N4S.HI/c1-14(25-15-8-5-4-6-9-15)12-23-16(21-2)22-10-7-11-24(3)13-17(18,19)20;/h4-6,8-9,14H,7,10-13H2,1-3H3,(H2,21,22,23);1H. The van der Waals surface area contributed by atoms with E-state index in [4.69, 9.17) is 0 Å². The van der Waals surface area contributed by atoms with E-state index in [1.54, 1.807) is 18.8 Å². The fourth-order valence-electron chi connectivity index (χ4n) is 2.17. The third-order valence-corrected chi connectivity index (χ3v) is 4.43. The Kier molecular flexibility index (Phi) is 13.1. The molecule has 0 heterocycles. The molecule has 0 saturated carbocycles. The van der Waals surface area contributed by atoms with E-state index in [1.165, 1.54) is 16.8 Å². The van der Waals surface area contributed by atoms with Gasteiger partial charge in [0.2, 0.25) is 0 Å². The molecule has 0 fully saturated rings. The van der Waals surface area contributed by atoms with E-state index >= 15 is 0 Å². The van der Waals surface area contributed by atoms with Crippen LogP contribution in [0.2, 0.25) is 0 Å². The van der Waals surface area contributed by atoms with Crippen molar-refractivity contribution in [3.63, 3.8) is 0 Å². The summed E-state index contributed by atoms with van der Waals surface area (Å²) < 4.78 is 36.7. The molecule has 0 aliphatic rings. The van der Waals surface area contributed by atoms with Gasteiger partial charge >= 0.3 is 6.18 Å². The van der Waals surface area contributed by atoms with Crippen molar-refractivity contribution in [2.75, 3.05) is 40.3 Å². The second-order valence-electron chi connectivity index (χ2n) is 5.83. The Morgan fingerprint density at radius 3 is 2.46 bits per heavy atom. The van der Waals surface area contributed by atoms with Crippen molar-refractivity contribution in [1.82, 2.24) is 15.5 Å². The van der Waals surface area contributed by atoms with Crippen molar-refractivity contribution in [1.29, 1.82) is 0 Å². The third-order valence-electron chi connectivity index (χ3n) is 3.32. The molecule has 0 aliphatic carbocycles. The van der Waals surface area contributed by atoms with Gasteiger partial charge in [-0.1, -0.05) is 25.1 Å². The maximum atomic E-state index is 12.2. The number of rotatable bonds is 9. The molecule has 150 valence electrons. The van der Waals surface area contributed by atoms with Crippen LogP contribution in [0.5, 0.6) is 0 Å². The Bertz CT molecular complexity index is 514. The van der Waals surface area contributed by atoms with Crippen molar-refractivity contribution in [3.05, 3.63) is 30.3 Å². The summed E-state index contributed by atoms with van der Waals surface area (Å²) in [5.41, 5.74) is 0. The normalized spacial score (nSPS) is 13.3. The molecular formula is C17H28F3IN4S. The lowest BCUT2D eigenvalue weighted by Crippen LogP contribution is -2.41. The van der Waals surface area contributed by atoms with Gasteiger partial charge in [0.1, 0.15) is 0 Å². The van der Waals surface area contributed by atoms with Crippen molar-refractivity contribution in [2.45, 2.75) is 29.7 Å². The monoisotopic (exact) mass is 504 g/mol. The van der Waals surface area contributed by atoms with Gasteiger partial charge in [0, 0.05) is 30.3 Å².